The van der Waals surface area contributed by atoms with Crippen molar-refractivity contribution in [3.05, 3.63) is 70.3 Å². The van der Waals surface area contributed by atoms with Crippen LogP contribution in [0.25, 0.3) is 0 Å². The van der Waals surface area contributed by atoms with Crippen molar-refractivity contribution in [2.75, 3.05) is 0 Å². The highest BCUT2D eigenvalue weighted by Crippen LogP contribution is 2.31. The summed E-state index contributed by atoms with van der Waals surface area (Å²) in [5.41, 5.74) is 3.60. The first kappa shape index (κ1) is 17.6. The molecule has 0 aromatic heterocycles. The van der Waals surface area contributed by atoms with Gasteiger partial charge in [0.15, 0.2) is 0 Å². The van der Waals surface area contributed by atoms with Crippen LogP contribution in [-0.2, 0) is 19.0 Å². The topological polar surface area (TPSA) is 0 Å². The Labute approximate surface area is 136 Å². The highest BCUT2D eigenvalue weighted by atomic mass is 19.4. The van der Waals surface area contributed by atoms with E-state index in [2.05, 4.69) is 19.1 Å². The number of hydrogen-bond acceptors (Lipinski definition) is 0. The van der Waals surface area contributed by atoms with Gasteiger partial charge in [0.25, 0.3) is 0 Å². The summed E-state index contributed by atoms with van der Waals surface area (Å²) in [6.45, 7) is 3.93. The number of hydrogen-bond donors (Lipinski definition) is 0. The third-order valence-electron chi connectivity index (χ3n) is 4.22. The van der Waals surface area contributed by atoms with Crippen LogP contribution in [0.15, 0.2) is 42.5 Å². The Morgan fingerprint density at radius 2 is 1.57 bits per heavy atom. The van der Waals surface area contributed by atoms with Gasteiger partial charge in [0.1, 0.15) is 0 Å². The Hall–Kier alpha value is -1.77. The molecule has 2 aromatic carbocycles. The third kappa shape index (κ3) is 4.85. The summed E-state index contributed by atoms with van der Waals surface area (Å²) in [6.07, 6.45) is 0.977. The molecule has 3 heteroatoms. The number of unbranched alkanes of at least 4 members (excludes halogenated alkanes) is 2. The van der Waals surface area contributed by atoms with Crippen molar-refractivity contribution in [2.24, 2.45) is 0 Å². The largest absolute Gasteiger partial charge is 0.416 e. The van der Waals surface area contributed by atoms with Gasteiger partial charge in [-0.2, -0.15) is 13.2 Å². The summed E-state index contributed by atoms with van der Waals surface area (Å²) in [4.78, 5) is 0. The minimum Gasteiger partial charge on any atom is -0.166 e. The smallest absolute Gasteiger partial charge is 0.166 e. The van der Waals surface area contributed by atoms with Gasteiger partial charge >= 0.3 is 6.18 Å². The van der Waals surface area contributed by atoms with Crippen LogP contribution in [0.2, 0.25) is 0 Å². The molecule has 0 N–H and O–H groups in total. The fourth-order valence-electron chi connectivity index (χ4n) is 2.82. The first-order valence-corrected chi connectivity index (χ1v) is 8.15. The van der Waals surface area contributed by atoms with Gasteiger partial charge in [0, 0.05) is 0 Å². The van der Waals surface area contributed by atoms with Crippen LogP contribution in [0, 0.1) is 6.92 Å². The molecule has 0 nitrogen and oxygen atoms in total. The molecule has 0 saturated carbocycles. The molecule has 0 unspecified atom stereocenters. The fraction of sp³-hybridized carbons (Fsp3) is 0.400. The van der Waals surface area contributed by atoms with Crippen molar-refractivity contribution in [2.45, 2.75) is 52.1 Å². The molecule has 0 radical (unpaired) electrons. The maximum absolute atomic E-state index is 12.8. The van der Waals surface area contributed by atoms with E-state index in [4.69, 9.17) is 0 Å². The molecule has 23 heavy (non-hydrogen) atoms. The van der Waals surface area contributed by atoms with Gasteiger partial charge in [-0.05, 0) is 60.6 Å². The van der Waals surface area contributed by atoms with E-state index in [1.54, 1.807) is 13.0 Å². The zero-order chi connectivity index (χ0) is 16.9. The van der Waals surface area contributed by atoms with Crippen LogP contribution >= 0.6 is 0 Å². The molecule has 0 amide bonds. The summed E-state index contributed by atoms with van der Waals surface area (Å²) in [6, 6.07) is 12.3. The zero-order valence-corrected chi connectivity index (χ0v) is 13.7. The van der Waals surface area contributed by atoms with Gasteiger partial charge in [-0.3, -0.25) is 0 Å². The minimum atomic E-state index is -4.28. The summed E-state index contributed by atoms with van der Waals surface area (Å²) < 4.78 is 38.3. The Kier molecular flexibility index (Phi) is 5.86. The molecule has 0 aliphatic rings. The lowest BCUT2D eigenvalue weighted by atomic mass is 9.93. The highest BCUT2D eigenvalue weighted by molar-refractivity contribution is 5.38. The second kappa shape index (κ2) is 7.67. The Morgan fingerprint density at radius 3 is 2.17 bits per heavy atom. The number of rotatable bonds is 6. The van der Waals surface area contributed by atoms with Crippen LogP contribution in [0.1, 0.15) is 54.0 Å². The van der Waals surface area contributed by atoms with Crippen LogP contribution in [0.4, 0.5) is 13.2 Å². The second-order valence-electron chi connectivity index (χ2n) is 6.04. The molecule has 0 aliphatic carbocycles. The maximum Gasteiger partial charge on any atom is 0.416 e. The van der Waals surface area contributed by atoms with E-state index in [0.717, 1.165) is 18.4 Å². The molecule has 2 rings (SSSR count). The fourth-order valence-corrected chi connectivity index (χ4v) is 2.82. The summed E-state index contributed by atoms with van der Waals surface area (Å²) in [7, 11) is 0. The Morgan fingerprint density at radius 1 is 0.870 bits per heavy atom. The quantitative estimate of drug-likeness (QED) is 0.545. The van der Waals surface area contributed by atoms with Crippen LogP contribution < -0.4 is 0 Å². The SMILES string of the molecule is CCCCCc1ccccc1Cc1ccc(C(F)(F)F)cc1C. The van der Waals surface area contributed by atoms with Gasteiger partial charge < -0.3 is 0 Å². The monoisotopic (exact) mass is 320 g/mol. The molecule has 124 valence electrons. The predicted octanol–water partition coefficient (Wildman–Crippen LogP) is 6.34. The summed E-state index contributed by atoms with van der Waals surface area (Å²) in [5, 5.41) is 0. The van der Waals surface area contributed by atoms with E-state index in [9.17, 15) is 13.2 Å². The Balaban J connectivity index is 2.19. The molecule has 0 heterocycles. The molecular formula is C20H23F3. The minimum absolute atomic E-state index is 0.574. The van der Waals surface area contributed by atoms with E-state index in [1.165, 1.54) is 36.1 Å². The second-order valence-corrected chi connectivity index (χ2v) is 6.04. The molecule has 0 bridgehead atoms. The van der Waals surface area contributed by atoms with Gasteiger partial charge in [-0.15, -0.1) is 0 Å². The molecule has 0 aliphatic heterocycles. The van der Waals surface area contributed by atoms with E-state index >= 15 is 0 Å². The zero-order valence-electron chi connectivity index (χ0n) is 13.7. The van der Waals surface area contributed by atoms with Crippen molar-refractivity contribution in [3.63, 3.8) is 0 Å². The van der Waals surface area contributed by atoms with Crippen LogP contribution in [-0.4, -0.2) is 0 Å². The van der Waals surface area contributed by atoms with E-state index in [0.29, 0.717) is 12.0 Å². The Bertz CT molecular complexity index is 642. The lowest BCUT2D eigenvalue weighted by Gasteiger charge is -2.13. The standard InChI is InChI=1S/C20H23F3/c1-3-4-5-8-16-9-6-7-10-18(16)14-17-11-12-19(13-15(17)2)20(21,22)23/h6-7,9-13H,3-5,8,14H2,1-2H3. The lowest BCUT2D eigenvalue weighted by molar-refractivity contribution is -0.137. The average Bonchev–Trinajstić information content (AvgIpc) is 2.50. The van der Waals surface area contributed by atoms with Crippen molar-refractivity contribution >= 4 is 0 Å². The van der Waals surface area contributed by atoms with Crippen molar-refractivity contribution in [3.8, 4) is 0 Å². The van der Waals surface area contributed by atoms with E-state index in [-0.39, 0.29) is 0 Å². The normalized spacial score (nSPS) is 11.7. The molecular weight excluding hydrogens is 297 g/mol. The first-order valence-electron chi connectivity index (χ1n) is 8.15. The summed E-state index contributed by atoms with van der Waals surface area (Å²) >= 11 is 0. The average molecular weight is 320 g/mol. The summed E-state index contributed by atoms with van der Waals surface area (Å²) in [5.74, 6) is 0. The van der Waals surface area contributed by atoms with Gasteiger partial charge in [-0.25, -0.2) is 0 Å². The van der Waals surface area contributed by atoms with E-state index in [1.807, 2.05) is 12.1 Å². The number of aryl methyl sites for hydroxylation is 2. The molecule has 0 atom stereocenters. The van der Waals surface area contributed by atoms with Crippen LogP contribution in [0.5, 0.6) is 0 Å². The van der Waals surface area contributed by atoms with Gasteiger partial charge in [-0.1, -0.05) is 50.1 Å². The van der Waals surface area contributed by atoms with Gasteiger partial charge in [0.2, 0.25) is 0 Å². The first-order chi connectivity index (χ1) is 10.9. The van der Waals surface area contributed by atoms with Crippen molar-refractivity contribution < 1.29 is 13.2 Å². The number of alkyl halides is 3. The molecule has 2 aromatic rings. The van der Waals surface area contributed by atoms with Crippen molar-refractivity contribution in [1.82, 2.24) is 0 Å². The maximum atomic E-state index is 12.8. The number of benzene rings is 2. The van der Waals surface area contributed by atoms with Gasteiger partial charge in [0.05, 0.1) is 5.56 Å². The molecule has 0 fully saturated rings. The number of halogens is 3. The lowest BCUT2D eigenvalue weighted by Crippen LogP contribution is -2.06. The highest BCUT2D eigenvalue weighted by Gasteiger charge is 2.30. The molecule has 0 spiro atoms. The third-order valence-corrected chi connectivity index (χ3v) is 4.22. The van der Waals surface area contributed by atoms with Crippen LogP contribution in [0.3, 0.4) is 0 Å². The predicted molar refractivity (Wildman–Crippen MR) is 88.7 cm³/mol. The molecule has 0 saturated heterocycles. The van der Waals surface area contributed by atoms with Crippen molar-refractivity contribution in [1.29, 1.82) is 0 Å². The van der Waals surface area contributed by atoms with E-state index < -0.39 is 11.7 Å².